The molecule has 0 fully saturated rings. The molecule has 0 radical (unpaired) electrons. The molecule has 1 aromatic rings. The Labute approximate surface area is 88.5 Å². The smallest absolute Gasteiger partial charge is 0.128 e. The van der Waals surface area contributed by atoms with E-state index in [1.165, 1.54) is 6.07 Å². The highest BCUT2D eigenvalue weighted by Crippen LogP contribution is 2.17. The van der Waals surface area contributed by atoms with E-state index in [9.17, 15) is 8.78 Å². The van der Waals surface area contributed by atoms with Crippen molar-refractivity contribution in [2.24, 2.45) is 0 Å². The molecule has 1 nitrogen and oxygen atoms in total. The summed E-state index contributed by atoms with van der Waals surface area (Å²) in [6.07, 6.45) is 0. The first-order valence-corrected chi connectivity index (χ1v) is 4.73. The van der Waals surface area contributed by atoms with Crippen molar-refractivity contribution >= 4 is 0 Å². The lowest BCUT2D eigenvalue weighted by molar-refractivity contribution is 0.538. The van der Waals surface area contributed by atoms with E-state index >= 15 is 0 Å². The fraction of sp³-hybridized carbons (Fsp3) is 0.333. The van der Waals surface area contributed by atoms with Crippen molar-refractivity contribution in [3.05, 3.63) is 35.4 Å². The maximum absolute atomic E-state index is 13.3. The summed E-state index contributed by atoms with van der Waals surface area (Å²) in [4.78, 5) is 0. The Morgan fingerprint density at radius 1 is 1.40 bits per heavy atom. The number of rotatable bonds is 3. The molecule has 0 saturated heterocycles. The van der Waals surface area contributed by atoms with Crippen molar-refractivity contribution in [2.45, 2.75) is 19.9 Å². The van der Waals surface area contributed by atoms with Crippen LogP contribution in [-0.4, -0.2) is 6.54 Å². The highest BCUT2D eigenvalue weighted by atomic mass is 19.1. The zero-order chi connectivity index (χ0) is 11.3. The zero-order valence-electron chi connectivity index (χ0n) is 8.77. The van der Waals surface area contributed by atoms with E-state index in [-0.39, 0.29) is 6.04 Å². The van der Waals surface area contributed by atoms with Crippen LogP contribution in [0.25, 0.3) is 0 Å². The Kier molecular flexibility index (Phi) is 4.26. The Hall–Kier alpha value is -1.40. The lowest BCUT2D eigenvalue weighted by atomic mass is 10.1. The standard InChI is InChI=1S/C12H13F2N/c1-3-4-7-15-9(2)11-8-10(13)5-6-12(11)14/h5-6,8-9,15H,7H2,1-2H3. The monoisotopic (exact) mass is 209 g/mol. The van der Waals surface area contributed by atoms with E-state index in [4.69, 9.17) is 0 Å². The molecule has 0 saturated carbocycles. The second-order valence-electron chi connectivity index (χ2n) is 3.20. The van der Waals surface area contributed by atoms with Crippen LogP contribution in [0.15, 0.2) is 18.2 Å². The first-order valence-electron chi connectivity index (χ1n) is 4.73. The van der Waals surface area contributed by atoms with Crippen LogP contribution in [0, 0.1) is 23.5 Å². The van der Waals surface area contributed by atoms with Gasteiger partial charge in [0.2, 0.25) is 0 Å². The van der Waals surface area contributed by atoms with Gasteiger partial charge >= 0.3 is 0 Å². The van der Waals surface area contributed by atoms with E-state index in [2.05, 4.69) is 17.2 Å². The van der Waals surface area contributed by atoms with Gasteiger partial charge in [0.05, 0.1) is 6.54 Å². The lowest BCUT2D eigenvalue weighted by Gasteiger charge is -2.13. The van der Waals surface area contributed by atoms with Gasteiger partial charge in [-0.15, -0.1) is 5.92 Å². The number of halogens is 2. The number of hydrogen-bond donors (Lipinski definition) is 1. The summed E-state index contributed by atoms with van der Waals surface area (Å²) < 4.78 is 26.2. The Morgan fingerprint density at radius 3 is 2.80 bits per heavy atom. The molecule has 3 heteroatoms. The van der Waals surface area contributed by atoms with Crippen LogP contribution in [0.4, 0.5) is 8.78 Å². The molecule has 80 valence electrons. The quantitative estimate of drug-likeness (QED) is 0.754. The van der Waals surface area contributed by atoms with Crippen LogP contribution in [0.3, 0.4) is 0 Å². The number of hydrogen-bond acceptors (Lipinski definition) is 1. The van der Waals surface area contributed by atoms with Crippen LogP contribution in [0.5, 0.6) is 0 Å². The van der Waals surface area contributed by atoms with E-state index in [1.807, 2.05) is 0 Å². The molecule has 0 aliphatic rings. The molecular formula is C12H13F2N. The third-order valence-electron chi connectivity index (χ3n) is 2.10. The van der Waals surface area contributed by atoms with Gasteiger partial charge in [-0.1, -0.05) is 5.92 Å². The van der Waals surface area contributed by atoms with Crippen LogP contribution in [0.1, 0.15) is 25.5 Å². The predicted molar refractivity (Wildman–Crippen MR) is 56.2 cm³/mol. The van der Waals surface area contributed by atoms with Crippen molar-refractivity contribution in [1.29, 1.82) is 0 Å². The minimum absolute atomic E-state index is 0.249. The largest absolute Gasteiger partial charge is 0.299 e. The maximum Gasteiger partial charge on any atom is 0.128 e. The second-order valence-corrected chi connectivity index (χ2v) is 3.20. The minimum atomic E-state index is -0.429. The van der Waals surface area contributed by atoms with Gasteiger partial charge in [0, 0.05) is 11.6 Å². The summed E-state index contributed by atoms with van der Waals surface area (Å²) in [7, 11) is 0. The summed E-state index contributed by atoms with van der Waals surface area (Å²) in [6.45, 7) is 3.97. The molecule has 1 rings (SSSR count). The molecule has 15 heavy (non-hydrogen) atoms. The summed E-state index contributed by atoms with van der Waals surface area (Å²) in [5, 5.41) is 2.99. The average Bonchev–Trinajstić information content (AvgIpc) is 2.22. The van der Waals surface area contributed by atoms with E-state index in [0.29, 0.717) is 12.1 Å². The molecule has 0 aromatic heterocycles. The molecule has 1 aromatic carbocycles. The topological polar surface area (TPSA) is 12.0 Å². The molecule has 0 aliphatic heterocycles. The van der Waals surface area contributed by atoms with Crippen LogP contribution < -0.4 is 5.32 Å². The maximum atomic E-state index is 13.3. The molecule has 0 aliphatic carbocycles. The van der Waals surface area contributed by atoms with E-state index < -0.39 is 11.6 Å². The molecule has 0 heterocycles. The summed E-state index contributed by atoms with van der Waals surface area (Å²) >= 11 is 0. The van der Waals surface area contributed by atoms with E-state index in [0.717, 1.165) is 12.1 Å². The highest BCUT2D eigenvalue weighted by molar-refractivity contribution is 5.22. The average molecular weight is 209 g/mol. The van der Waals surface area contributed by atoms with Crippen molar-refractivity contribution in [3.63, 3.8) is 0 Å². The minimum Gasteiger partial charge on any atom is -0.299 e. The van der Waals surface area contributed by atoms with Gasteiger partial charge in [0.1, 0.15) is 11.6 Å². The highest BCUT2D eigenvalue weighted by Gasteiger charge is 2.10. The van der Waals surface area contributed by atoms with Crippen molar-refractivity contribution in [2.75, 3.05) is 6.54 Å². The van der Waals surface area contributed by atoms with Gasteiger partial charge in [-0.25, -0.2) is 8.78 Å². The van der Waals surface area contributed by atoms with Gasteiger partial charge in [0.15, 0.2) is 0 Å². The van der Waals surface area contributed by atoms with Crippen molar-refractivity contribution in [3.8, 4) is 11.8 Å². The fourth-order valence-corrected chi connectivity index (χ4v) is 1.25. The van der Waals surface area contributed by atoms with Gasteiger partial charge in [-0.3, -0.25) is 5.32 Å². The summed E-state index contributed by atoms with van der Waals surface area (Å²) in [5.41, 5.74) is 0.327. The van der Waals surface area contributed by atoms with Crippen molar-refractivity contribution in [1.82, 2.24) is 5.32 Å². The number of nitrogens with one attached hydrogen (secondary N) is 1. The normalized spacial score (nSPS) is 11.7. The Bertz CT molecular complexity index is 390. The van der Waals surface area contributed by atoms with Crippen molar-refractivity contribution < 1.29 is 8.78 Å². The first kappa shape index (κ1) is 11.7. The summed E-state index contributed by atoms with van der Waals surface area (Å²) in [5.74, 6) is 4.69. The van der Waals surface area contributed by atoms with E-state index in [1.54, 1.807) is 13.8 Å². The fourth-order valence-electron chi connectivity index (χ4n) is 1.25. The third-order valence-corrected chi connectivity index (χ3v) is 2.10. The van der Waals surface area contributed by atoms with Gasteiger partial charge < -0.3 is 0 Å². The second kappa shape index (κ2) is 5.47. The molecule has 1 unspecified atom stereocenters. The Balaban J connectivity index is 2.74. The molecule has 1 atom stereocenters. The van der Waals surface area contributed by atoms with Gasteiger partial charge in [-0.05, 0) is 32.0 Å². The summed E-state index contributed by atoms with van der Waals surface area (Å²) in [6, 6.07) is 3.19. The molecule has 0 spiro atoms. The van der Waals surface area contributed by atoms with Crippen LogP contribution >= 0.6 is 0 Å². The molecule has 1 N–H and O–H groups in total. The van der Waals surface area contributed by atoms with Crippen LogP contribution in [0.2, 0.25) is 0 Å². The predicted octanol–water partition coefficient (Wildman–Crippen LogP) is 2.64. The first-order chi connectivity index (χ1) is 7.15. The molecule has 0 amide bonds. The third kappa shape index (κ3) is 3.34. The van der Waals surface area contributed by atoms with Crippen LogP contribution in [-0.2, 0) is 0 Å². The zero-order valence-corrected chi connectivity index (χ0v) is 8.77. The van der Waals surface area contributed by atoms with Gasteiger partial charge in [0.25, 0.3) is 0 Å². The lowest BCUT2D eigenvalue weighted by Crippen LogP contribution is -2.20. The molecular weight excluding hydrogens is 196 g/mol. The Morgan fingerprint density at radius 2 is 2.13 bits per heavy atom. The van der Waals surface area contributed by atoms with Gasteiger partial charge in [-0.2, -0.15) is 0 Å². The molecule has 0 bridgehead atoms. The number of benzene rings is 1. The SMILES string of the molecule is CC#CCNC(C)c1cc(F)ccc1F.